The maximum absolute atomic E-state index is 12.1. The molecule has 0 spiro atoms. The molecule has 0 saturated carbocycles. The van der Waals surface area contributed by atoms with Crippen LogP contribution in [0.3, 0.4) is 0 Å². The predicted molar refractivity (Wildman–Crippen MR) is 78.8 cm³/mol. The van der Waals surface area contributed by atoms with Crippen LogP contribution < -0.4 is 10.6 Å². The third-order valence-electron chi connectivity index (χ3n) is 2.61. The van der Waals surface area contributed by atoms with Crippen LogP contribution in [0.25, 0.3) is 0 Å². The zero-order valence-corrected chi connectivity index (χ0v) is 11.8. The molecule has 0 atom stereocenters. The molecule has 2 heterocycles. The summed E-state index contributed by atoms with van der Waals surface area (Å²) >= 11 is 6.01. The molecule has 0 unspecified atom stereocenters. The van der Waals surface area contributed by atoms with Crippen molar-refractivity contribution in [2.75, 3.05) is 11.9 Å². The summed E-state index contributed by atoms with van der Waals surface area (Å²) < 4.78 is 0. The Morgan fingerprint density at radius 1 is 1.35 bits per heavy atom. The molecule has 6 heteroatoms. The van der Waals surface area contributed by atoms with Crippen LogP contribution >= 0.6 is 11.6 Å². The van der Waals surface area contributed by atoms with Gasteiger partial charge < -0.3 is 10.6 Å². The minimum absolute atomic E-state index is 0.248. The van der Waals surface area contributed by atoms with Crippen molar-refractivity contribution in [2.45, 2.75) is 13.5 Å². The van der Waals surface area contributed by atoms with Crippen LogP contribution in [0.15, 0.2) is 36.7 Å². The maximum Gasteiger partial charge on any atom is 0.253 e. The number of nitrogens with one attached hydrogen (secondary N) is 2. The van der Waals surface area contributed by atoms with Crippen molar-refractivity contribution in [3.8, 4) is 0 Å². The lowest BCUT2D eigenvalue weighted by Gasteiger charge is -2.08. The Kier molecular flexibility index (Phi) is 4.90. The molecule has 0 fully saturated rings. The molecule has 1 amide bonds. The molecule has 0 aliphatic carbocycles. The fourth-order valence-electron chi connectivity index (χ4n) is 1.66. The molecule has 0 saturated heterocycles. The van der Waals surface area contributed by atoms with E-state index in [-0.39, 0.29) is 5.91 Å². The lowest BCUT2D eigenvalue weighted by molar-refractivity contribution is 0.0950. The first-order valence-corrected chi connectivity index (χ1v) is 6.66. The summed E-state index contributed by atoms with van der Waals surface area (Å²) in [6, 6.07) is 7.18. The van der Waals surface area contributed by atoms with E-state index in [1.54, 1.807) is 12.3 Å². The van der Waals surface area contributed by atoms with E-state index in [0.717, 1.165) is 12.2 Å². The first kappa shape index (κ1) is 14.3. The predicted octanol–water partition coefficient (Wildman–Crippen LogP) is 2.49. The van der Waals surface area contributed by atoms with Crippen molar-refractivity contribution < 1.29 is 4.79 Å². The largest absolute Gasteiger partial charge is 0.370 e. The van der Waals surface area contributed by atoms with Gasteiger partial charge in [-0.1, -0.05) is 17.7 Å². The Labute approximate surface area is 122 Å². The maximum atomic E-state index is 12.1. The molecule has 2 rings (SSSR count). The van der Waals surface area contributed by atoms with Crippen molar-refractivity contribution >= 4 is 23.3 Å². The van der Waals surface area contributed by atoms with Gasteiger partial charge in [0.25, 0.3) is 5.91 Å². The smallest absolute Gasteiger partial charge is 0.253 e. The van der Waals surface area contributed by atoms with Gasteiger partial charge in [-0.25, -0.2) is 4.98 Å². The average Bonchev–Trinajstić information content (AvgIpc) is 2.48. The molecular weight excluding hydrogens is 276 g/mol. The lowest BCUT2D eigenvalue weighted by Crippen LogP contribution is -2.23. The normalized spacial score (nSPS) is 10.1. The first-order chi connectivity index (χ1) is 9.70. The van der Waals surface area contributed by atoms with Crippen LogP contribution in [0.5, 0.6) is 0 Å². The van der Waals surface area contributed by atoms with E-state index < -0.39 is 0 Å². The molecule has 2 aromatic rings. The van der Waals surface area contributed by atoms with Gasteiger partial charge in [0, 0.05) is 18.9 Å². The molecule has 0 radical (unpaired) electrons. The van der Waals surface area contributed by atoms with E-state index in [0.29, 0.717) is 22.9 Å². The summed E-state index contributed by atoms with van der Waals surface area (Å²) in [6.07, 6.45) is 3.15. The molecule has 5 nitrogen and oxygen atoms in total. The van der Waals surface area contributed by atoms with Crippen LogP contribution in [-0.4, -0.2) is 22.4 Å². The molecule has 0 bridgehead atoms. The van der Waals surface area contributed by atoms with Gasteiger partial charge in [-0.3, -0.25) is 9.78 Å². The number of hydrogen-bond acceptors (Lipinski definition) is 4. The Morgan fingerprint density at radius 2 is 2.20 bits per heavy atom. The van der Waals surface area contributed by atoms with E-state index in [9.17, 15) is 4.79 Å². The average molecular weight is 291 g/mol. The van der Waals surface area contributed by atoms with Gasteiger partial charge in [0.1, 0.15) is 5.82 Å². The van der Waals surface area contributed by atoms with Crippen molar-refractivity contribution in [1.82, 2.24) is 15.3 Å². The quantitative estimate of drug-likeness (QED) is 0.888. The van der Waals surface area contributed by atoms with E-state index in [2.05, 4.69) is 20.6 Å². The van der Waals surface area contributed by atoms with Crippen molar-refractivity contribution in [3.05, 3.63) is 52.9 Å². The summed E-state index contributed by atoms with van der Waals surface area (Å²) in [6.45, 7) is 3.04. The van der Waals surface area contributed by atoms with Crippen LogP contribution in [0, 0.1) is 0 Å². The number of hydrogen-bond donors (Lipinski definition) is 2. The molecular formula is C14H15ClN4O. The zero-order valence-electron chi connectivity index (χ0n) is 11.1. The SMILES string of the molecule is CCNc1cc(C(=O)NCc2ccccn2)c(Cl)cn1. The molecule has 2 N–H and O–H groups in total. The fourth-order valence-corrected chi connectivity index (χ4v) is 1.85. The summed E-state index contributed by atoms with van der Waals surface area (Å²) in [5, 5.41) is 6.15. The monoisotopic (exact) mass is 290 g/mol. The number of nitrogens with zero attached hydrogens (tertiary/aromatic N) is 2. The molecule has 104 valence electrons. The standard InChI is InChI=1S/C14H15ClN4O/c1-2-16-13-7-11(12(15)9-18-13)14(20)19-8-10-5-3-4-6-17-10/h3-7,9H,2,8H2,1H3,(H,16,18)(H,19,20). The summed E-state index contributed by atoms with van der Waals surface area (Å²) in [5.41, 5.74) is 1.19. The highest BCUT2D eigenvalue weighted by molar-refractivity contribution is 6.33. The van der Waals surface area contributed by atoms with E-state index in [4.69, 9.17) is 11.6 Å². The van der Waals surface area contributed by atoms with Crippen LogP contribution in [-0.2, 0) is 6.54 Å². The molecule has 0 aromatic carbocycles. The van der Waals surface area contributed by atoms with Gasteiger partial charge in [0.2, 0.25) is 0 Å². The second-order valence-corrected chi connectivity index (χ2v) is 4.49. The van der Waals surface area contributed by atoms with E-state index >= 15 is 0 Å². The molecule has 0 aliphatic rings. The number of anilines is 1. The second kappa shape index (κ2) is 6.86. The minimum atomic E-state index is -0.248. The van der Waals surface area contributed by atoms with Crippen LogP contribution in [0.2, 0.25) is 5.02 Å². The highest BCUT2D eigenvalue weighted by Gasteiger charge is 2.11. The number of aromatic nitrogens is 2. The van der Waals surface area contributed by atoms with Crippen molar-refractivity contribution in [3.63, 3.8) is 0 Å². The minimum Gasteiger partial charge on any atom is -0.370 e. The number of rotatable bonds is 5. The number of amides is 1. The molecule has 2 aromatic heterocycles. The van der Waals surface area contributed by atoms with Gasteiger partial charge >= 0.3 is 0 Å². The van der Waals surface area contributed by atoms with Gasteiger partial charge in [-0.15, -0.1) is 0 Å². The van der Waals surface area contributed by atoms with Gasteiger partial charge in [0.05, 0.1) is 22.8 Å². The molecule has 0 aliphatic heterocycles. The third-order valence-corrected chi connectivity index (χ3v) is 2.92. The summed E-state index contributed by atoms with van der Waals surface area (Å²) in [7, 11) is 0. The number of carbonyl (C=O) groups is 1. The van der Waals surface area contributed by atoms with Gasteiger partial charge in [-0.05, 0) is 25.1 Å². The summed E-state index contributed by atoms with van der Waals surface area (Å²) in [5.74, 6) is 0.377. The number of pyridine rings is 2. The van der Waals surface area contributed by atoms with Gasteiger partial charge in [0.15, 0.2) is 0 Å². The van der Waals surface area contributed by atoms with Crippen molar-refractivity contribution in [2.24, 2.45) is 0 Å². The highest BCUT2D eigenvalue weighted by Crippen LogP contribution is 2.17. The van der Waals surface area contributed by atoms with Crippen molar-refractivity contribution in [1.29, 1.82) is 0 Å². The number of halogens is 1. The first-order valence-electron chi connectivity index (χ1n) is 6.28. The zero-order chi connectivity index (χ0) is 14.4. The summed E-state index contributed by atoms with van der Waals surface area (Å²) in [4.78, 5) is 20.4. The second-order valence-electron chi connectivity index (χ2n) is 4.08. The Bertz CT molecular complexity index is 589. The van der Waals surface area contributed by atoms with Crippen LogP contribution in [0.4, 0.5) is 5.82 Å². The molecule has 20 heavy (non-hydrogen) atoms. The fraction of sp³-hybridized carbons (Fsp3) is 0.214. The Hall–Kier alpha value is -2.14. The van der Waals surface area contributed by atoms with Crippen LogP contribution in [0.1, 0.15) is 23.0 Å². The van der Waals surface area contributed by atoms with E-state index in [1.165, 1.54) is 6.20 Å². The lowest BCUT2D eigenvalue weighted by atomic mass is 10.2. The highest BCUT2D eigenvalue weighted by atomic mass is 35.5. The Balaban J connectivity index is 2.06. The number of carbonyl (C=O) groups excluding carboxylic acids is 1. The van der Waals surface area contributed by atoms with Gasteiger partial charge in [-0.2, -0.15) is 0 Å². The Morgan fingerprint density at radius 3 is 2.90 bits per heavy atom. The topological polar surface area (TPSA) is 66.9 Å². The van der Waals surface area contributed by atoms with E-state index in [1.807, 2.05) is 25.1 Å². The third kappa shape index (κ3) is 3.68.